The summed E-state index contributed by atoms with van der Waals surface area (Å²) >= 11 is 0. The molecule has 0 bridgehead atoms. The maximum absolute atomic E-state index is 13.5. The largest absolute Gasteiger partial charge is 0.497 e. The van der Waals surface area contributed by atoms with Gasteiger partial charge in [0.1, 0.15) is 29.7 Å². The molecule has 0 aromatic heterocycles. The molecule has 3 N–H and O–H groups in total. The van der Waals surface area contributed by atoms with Crippen molar-refractivity contribution in [2.24, 2.45) is 0 Å². The fraction of sp³-hybridized carbons (Fsp3) is 0.385. The van der Waals surface area contributed by atoms with Crippen molar-refractivity contribution in [3.05, 3.63) is 60.2 Å². The Kier molecular flexibility index (Phi) is 9.10. The molecule has 1 atom stereocenters. The number of carbonyl (C=O) groups is 2. The lowest BCUT2D eigenvalue weighted by molar-refractivity contribution is -0.142. The number of hydrogen-bond donors (Lipinski definition) is 3. The van der Waals surface area contributed by atoms with Crippen LogP contribution in [0.4, 0.5) is 23.7 Å². The summed E-state index contributed by atoms with van der Waals surface area (Å²) < 4.78 is 56.2. The van der Waals surface area contributed by atoms with Gasteiger partial charge in [-0.25, -0.2) is 10.2 Å². The SMILES string of the molecule is COc1ccc(N2NC(C(F)(F)F)C=C2c2ccc(OCCNC(=O)CNC(=O)OC(C)(C)C)cc2)cc1. The van der Waals surface area contributed by atoms with Gasteiger partial charge in [-0.2, -0.15) is 13.2 Å². The van der Waals surface area contributed by atoms with E-state index >= 15 is 0 Å². The Morgan fingerprint density at radius 3 is 2.18 bits per heavy atom. The molecule has 2 amide bonds. The van der Waals surface area contributed by atoms with Crippen LogP contribution in [-0.4, -0.2) is 56.6 Å². The summed E-state index contributed by atoms with van der Waals surface area (Å²) in [4.78, 5) is 23.4. The maximum atomic E-state index is 13.5. The third-order valence-corrected chi connectivity index (χ3v) is 5.15. The van der Waals surface area contributed by atoms with Gasteiger partial charge in [-0.15, -0.1) is 0 Å². The molecule has 0 saturated heterocycles. The van der Waals surface area contributed by atoms with Crippen molar-refractivity contribution in [3.63, 3.8) is 0 Å². The normalized spacial score (nSPS) is 15.5. The van der Waals surface area contributed by atoms with E-state index in [2.05, 4.69) is 16.1 Å². The Morgan fingerprint density at radius 1 is 0.974 bits per heavy atom. The Hall–Kier alpha value is -3.93. The van der Waals surface area contributed by atoms with Crippen molar-refractivity contribution in [1.82, 2.24) is 16.1 Å². The predicted molar refractivity (Wildman–Crippen MR) is 136 cm³/mol. The Balaban J connectivity index is 1.55. The van der Waals surface area contributed by atoms with Crippen molar-refractivity contribution < 1.29 is 37.0 Å². The third kappa shape index (κ3) is 8.30. The zero-order valence-electron chi connectivity index (χ0n) is 21.5. The van der Waals surface area contributed by atoms with Gasteiger partial charge in [0.2, 0.25) is 5.91 Å². The molecule has 12 heteroatoms. The highest BCUT2D eigenvalue weighted by Gasteiger charge is 2.43. The molecule has 38 heavy (non-hydrogen) atoms. The number of nitrogens with one attached hydrogen (secondary N) is 3. The molecule has 2 aromatic rings. The number of benzene rings is 2. The van der Waals surface area contributed by atoms with E-state index in [0.29, 0.717) is 28.4 Å². The van der Waals surface area contributed by atoms with Crippen LogP contribution in [0, 0.1) is 0 Å². The molecule has 206 valence electrons. The first-order valence-electron chi connectivity index (χ1n) is 11.8. The highest BCUT2D eigenvalue weighted by atomic mass is 19.4. The van der Waals surface area contributed by atoms with E-state index in [1.54, 1.807) is 69.3 Å². The molecule has 3 rings (SSSR count). The van der Waals surface area contributed by atoms with Crippen LogP contribution in [-0.2, 0) is 9.53 Å². The van der Waals surface area contributed by atoms with Crippen molar-refractivity contribution in [1.29, 1.82) is 0 Å². The van der Waals surface area contributed by atoms with E-state index in [0.717, 1.165) is 6.08 Å². The van der Waals surface area contributed by atoms with E-state index in [-0.39, 0.29) is 19.7 Å². The van der Waals surface area contributed by atoms with Crippen molar-refractivity contribution in [3.8, 4) is 11.5 Å². The molecular weight excluding hydrogens is 505 g/mol. The number of hydrazine groups is 1. The summed E-state index contributed by atoms with van der Waals surface area (Å²) in [5.74, 6) is 0.654. The molecule has 0 fully saturated rings. The second-order valence-corrected chi connectivity index (χ2v) is 9.31. The third-order valence-electron chi connectivity index (χ3n) is 5.15. The van der Waals surface area contributed by atoms with E-state index in [1.165, 1.54) is 12.1 Å². The number of anilines is 1. The molecule has 0 spiro atoms. The summed E-state index contributed by atoms with van der Waals surface area (Å²) in [6, 6.07) is 11.4. The molecule has 0 aliphatic carbocycles. The average molecular weight is 537 g/mol. The quantitative estimate of drug-likeness (QED) is 0.417. The van der Waals surface area contributed by atoms with Crippen LogP contribution >= 0.6 is 0 Å². The second-order valence-electron chi connectivity index (χ2n) is 9.31. The van der Waals surface area contributed by atoms with E-state index in [9.17, 15) is 22.8 Å². The zero-order chi connectivity index (χ0) is 27.9. The van der Waals surface area contributed by atoms with Gasteiger partial charge >= 0.3 is 12.3 Å². The lowest BCUT2D eigenvalue weighted by Gasteiger charge is -2.25. The number of rotatable bonds is 9. The second kappa shape index (κ2) is 12.1. The minimum absolute atomic E-state index is 0.149. The number of methoxy groups -OCH3 is 1. The lowest BCUT2D eigenvalue weighted by atomic mass is 10.1. The maximum Gasteiger partial charge on any atom is 0.409 e. The Morgan fingerprint density at radius 2 is 1.61 bits per heavy atom. The van der Waals surface area contributed by atoms with Gasteiger partial charge in [0, 0.05) is 0 Å². The van der Waals surface area contributed by atoms with Gasteiger partial charge in [-0.05, 0) is 80.9 Å². The van der Waals surface area contributed by atoms with Crippen LogP contribution in [0.1, 0.15) is 26.3 Å². The first kappa shape index (κ1) is 28.6. The van der Waals surface area contributed by atoms with Gasteiger partial charge in [0.15, 0.2) is 0 Å². The van der Waals surface area contributed by atoms with Crippen molar-refractivity contribution in [2.75, 3.05) is 31.8 Å². The minimum atomic E-state index is -4.47. The first-order valence-corrected chi connectivity index (χ1v) is 11.8. The highest BCUT2D eigenvalue weighted by molar-refractivity contribution is 5.82. The molecule has 1 unspecified atom stereocenters. The lowest BCUT2D eigenvalue weighted by Crippen LogP contribution is -2.44. The zero-order valence-corrected chi connectivity index (χ0v) is 21.5. The summed E-state index contributed by atoms with van der Waals surface area (Å²) in [5.41, 5.74) is 3.24. The summed E-state index contributed by atoms with van der Waals surface area (Å²) in [6.45, 7) is 5.24. The van der Waals surface area contributed by atoms with Crippen molar-refractivity contribution in [2.45, 2.75) is 38.6 Å². The molecule has 1 heterocycles. The first-order chi connectivity index (χ1) is 17.9. The molecule has 1 aliphatic heterocycles. The van der Waals surface area contributed by atoms with Crippen molar-refractivity contribution >= 4 is 23.4 Å². The highest BCUT2D eigenvalue weighted by Crippen LogP contribution is 2.35. The number of carbonyl (C=O) groups excluding carboxylic acids is 2. The predicted octanol–water partition coefficient (Wildman–Crippen LogP) is 4.01. The van der Waals surface area contributed by atoms with Gasteiger partial charge in [0.25, 0.3) is 0 Å². The van der Waals surface area contributed by atoms with Crippen LogP contribution in [0.3, 0.4) is 0 Å². The number of nitrogens with zero attached hydrogens (tertiary/aromatic N) is 1. The number of alkyl halides is 3. The van der Waals surface area contributed by atoms with E-state index in [1.807, 2.05) is 0 Å². The Labute approximate surface area is 218 Å². The summed E-state index contributed by atoms with van der Waals surface area (Å²) in [7, 11) is 1.51. The van der Waals surface area contributed by atoms with Crippen LogP contribution in [0.15, 0.2) is 54.6 Å². The smallest absolute Gasteiger partial charge is 0.409 e. The van der Waals surface area contributed by atoms with Gasteiger partial charge in [0.05, 0.1) is 31.6 Å². The fourth-order valence-electron chi connectivity index (χ4n) is 3.43. The van der Waals surface area contributed by atoms with Gasteiger partial charge < -0.3 is 24.8 Å². The fourth-order valence-corrected chi connectivity index (χ4v) is 3.43. The standard InChI is InChI=1S/C26H31F3N4O5/c1-25(2,3)38-24(35)31-16-23(34)30-13-14-37-20-9-5-17(6-10-20)21-15-22(26(27,28)29)32-33(21)18-7-11-19(36-4)12-8-18/h5-12,15,22,32H,13-14,16H2,1-4H3,(H,30,34)(H,31,35). The average Bonchev–Trinajstić information content (AvgIpc) is 3.31. The van der Waals surface area contributed by atoms with Crippen LogP contribution in [0.2, 0.25) is 0 Å². The molecule has 9 nitrogen and oxygen atoms in total. The monoisotopic (exact) mass is 536 g/mol. The molecule has 2 aromatic carbocycles. The molecule has 1 aliphatic rings. The van der Waals surface area contributed by atoms with Crippen LogP contribution in [0.25, 0.3) is 5.70 Å². The topological polar surface area (TPSA) is 101 Å². The number of hydrogen-bond acceptors (Lipinski definition) is 7. The van der Waals surface area contributed by atoms with Crippen LogP contribution < -0.4 is 30.5 Å². The van der Waals surface area contributed by atoms with E-state index in [4.69, 9.17) is 14.2 Å². The number of alkyl carbamates (subject to hydrolysis) is 1. The minimum Gasteiger partial charge on any atom is -0.497 e. The summed E-state index contributed by atoms with van der Waals surface area (Å²) in [6.07, 6.45) is -4.03. The molecular formula is C26H31F3N4O5. The number of amides is 2. The Bertz CT molecular complexity index is 1130. The van der Waals surface area contributed by atoms with E-state index < -0.39 is 29.8 Å². The molecule has 0 radical (unpaired) electrons. The number of halogens is 3. The van der Waals surface area contributed by atoms with Crippen LogP contribution in [0.5, 0.6) is 11.5 Å². The summed E-state index contributed by atoms with van der Waals surface area (Å²) in [5, 5.41) is 6.35. The molecule has 0 saturated carbocycles. The van der Waals surface area contributed by atoms with Gasteiger partial charge in [-0.3, -0.25) is 9.80 Å². The van der Waals surface area contributed by atoms with Gasteiger partial charge in [-0.1, -0.05) is 0 Å². The number of ether oxygens (including phenoxy) is 3.